The Kier molecular flexibility index (Phi) is 67.5. The van der Waals surface area contributed by atoms with Crippen molar-refractivity contribution >= 4 is 39.5 Å². The second kappa shape index (κ2) is 69.3. The summed E-state index contributed by atoms with van der Waals surface area (Å²) in [6, 6.07) is 0. The van der Waals surface area contributed by atoms with Crippen LogP contribution in [0, 0.1) is 11.8 Å². The van der Waals surface area contributed by atoms with E-state index in [1.807, 2.05) is 0 Å². The number of allylic oxidation sites excluding steroid dienone is 4. The van der Waals surface area contributed by atoms with Crippen molar-refractivity contribution in [3.8, 4) is 0 Å². The molecule has 17 nitrogen and oxygen atoms in total. The number of hydrogen-bond donors (Lipinski definition) is 3. The zero-order valence-corrected chi connectivity index (χ0v) is 64.7. The SMILES string of the molecule is CCCCCC/C=C\C=C/CCCCCCCC(=O)OC[C@H](COP(=O)(O)OC[C@@H](O)COP(=O)(O)OC[C@@H](COC(=O)CCCCCCCCCCCCC)OC(=O)CCCCCCCCCCCCCCC(C)C)OC(=O)CCCCCCCCCCCCCCCC(C)C. The Morgan fingerprint density at radius 2 is 0.557 bits per heavy atom. The van der Waals surface area contributed by atoms with Gasteiger partial charge in [0, 0.05) is 25.7 Å². The second-order valence-corrected chi connectivity index (χ2v) is 31.3. The third kappa shape index (κ3) is 71.7. The highest BCUT2D eigenvalue weighted by molar-refractivity contribution is 7.47. The number of ether oxygens (including phenoxy) is 4. The van der Waals surface area contributed by atoms with Crippen LogP contribution in [0.5, 0.6) is 0 Å². The van der Waals surface area contributed by atoms with Crippen LogP contribution in [0.2, 0.25) is 0 Å². The molecule has 0 fully saturated rings. The van der Waals surface area contributed by atoms with Gasteiger partial charge < -0.3 is 33.8 Å². The van der Waals surface area contributed by atoms with Crippen LogP contribution in [0.1, 0.15) is 382 Å². The van der Waals surface area contributed by atoms with Gasteiger partial charge in [0.05, 0.1) is 26.4 Å². The molecule has 0 aliphatic heterocycles. The van der Waals surface area contributed by atoms with Gasteiger partial charge in [-0.3, -0.25) is 37.3 Å². The first-order valence-corrected chi connectivity index (χ1v) is 42.8. The molecule has 0 aromatic heterocycles. The predicted molar refractivity (Wildman–Crippen MR) is 395 cm³/mol. The van der Waals surface area contributed by atoms with Gasteiger partial charge in [-0.2, -0.15) is 0 Å². The molecule has 0 rings (SSSR count). The molecule has 0 saturated carbocycles. The minimum Gasteiger partial charge on any atom is -0.462 e. The lowest BCUT2D eigenvalue weighted by molar-refractivity contribution is -0.161. The normalized spacial score (nSPS) is 14.1. The highest BCUT2D eigenvalue weighted by atomic mass is 31.2. The van der Waals surface area contributed by atoms with Crippen molar-refractivity contribution in [2.24, 2.45) is 11.8 Å². The van der Waals surface area contributed by atoms with E-state index < -0.39 is 97.5 Å². The molecule has 0 aliphatic rings. The van der Waals surface area contributed by atoms with Crippen LogP contribution < -0.4 is 0 Å². The summed E-state index contributed by atoms with van der Waals surface area (Å²) in [6.07, 6.45) is 60.3. The smallest absolute Gasteiger partial charge is 0.462 e. The Morgan fingerprint density at radius 3 is 0.845 bits per heavy atom. The number of esters is 4. The van der Waals surface area contributed by atoms with Gasteiger partial charge in [0.1, 0.15) is 19.3 Å². The highest BCUT2D eigenvalue weighted by Gasteiger charge is 2.30. The first-order chi connectivity index (χ1) is 46.9. The second-order valence-electron chi connectivity index (χ2n) is 28.4. The number of hydrogen-bond acceptors (Lipinski definition) is 15. The number of unbranched alkanes of at least 4 members (excludes halogenated alkanes) is 42. The lowest BCUT2D eigenvalue weighted by Gasteiger charge is -2.21. The number of phosphoric ester groups is 2. The third-order valence-electron chi connectivity index (χ3n) is 17.6. The van der Waals surface area contributed by atoms with Gasteiger partial charge in [-0.05, 0) is 63.2 Å². The van der Waals surface area contributed by atoms with E-state index in [9.17, 15) is 43.2 Å². The molecule has 0 aromatic rings. The maximum Gasteiger partial charge on any atom is 0.472 e. The van der Waals surface area contributed by atoms with Crippen LogP contribution in [0.15, 0.2) is 24.3 Å². The number of aliphatic hydroxyl groups excluding tert-OH is 1. The molecular formula is C78H148O17P2. The van der Waals surface area contributed by atoms with Gasteiger partial charge in [0.2, 0.25) is 0 Å². The number of carbonyl (C=O) groups excluding carboxylic acids is 4. The molecule has 0 aromatic carbocycles. The quantitative estimate of drug-likeness (QED) is 0.0169. The summed E-state index contributed by atoms with van der Waals surface area (Å²) in [4.78, 5) is 72.9. The van der Waals surface area contributed by atoms with Crippen LogP contribution in [-0.4, -0.2) is 96.7 Å². The fourth-order valence-corrected chi connectivity index (χ4v) is 13.0. The van der Waals surface area contributed by atoms with Crippen molar-refractivity contribution in [1.29, 1.82) is 0 Å². The molecule has 0 radical (unpaired) electrons. The average molecular weight is 1420 g/mol. The summed E-state index contributed by atoms with van der Waals surface area (Å²) in [5.41, 5.74) is 0. The van der Waals surface area contributed by atoms with Crippen molar-refractivity contribution < 1.29 is 80.2 Å². The van der Waals surface area contributed by atoms with E-state index in [1.165, 1.54) is 180 Å². The molecule has 0 saturated heterocycles. The van der Waals surface area contributed by atoms with Crippen LogP contribution in [-0.2, 0) is 65.4 Å². The van der Waals surface area contributed by atoms with Gasteiger partial charge in [-0.1, -0.05) is 329 Å². The number of carbonyl (C=O) groups is 4. The molecule has 97 heavy (non-hydrogen) atoms. The van der Waals surface area contributed by atoms with Crippen LogP contribution in [0.4, 0.5) is 0 Å². The van der Waals surface area contributed by atoms with E-state index in [-0.39, 0.29) is 25.7 Å². The maximum atomic E-state index is 13.1. The molecular weight excluding hydrogens is 1270 g/mol. The van der Waals surface area contributed by atoms with Gasteiger partial charge >= 0.3 is 39.5 Å². The molecule has 3 N–H and O–H groups in total. The van der Waals surface area contributed by atoms with Crippen LogP contribution in [0.25, 0.3) is 0 Å². The minimum atomic E-state index is -4.97. The summed E-state index contributed by atoms with van der Waals surface area (Å²) in [7, 11) is -9.93. The fourth-order valence-electron chi connectivity index (χ4n) is 11.5. The zero-order valence-electron chi connectivity index (χ0n) is 62.9. The predicted octanol–water partition coefficient (Wildman–Crippen LogP) is 22.7. The van der Waals surface area contributed by atoms with Gasteiger partial charge in [0.25, 0.3) is 0 Å². The van der Waals surface area contributed by atoms with Crippen molar-refractivity contribution in [3.63, 3.8) is 0 Å². The summed E-state index contributed by atoms with van der Waals surface area (Å²) in [6.45, 7) is 9.57. The van der Waals surface area contributed by atoms with Crippen molar-refractivity contribution in [2.75, 3.05) is 39.6 Å². The molecule has 572 valence electrons. The number of aliphatic hydroxyl groups is 1. The molecule has 0 spiro atoms. The van der Waals surface area contributed by atoms with E-state index in [2.05, 4.69) is 65.8 Å². The van der Waals surface area contributed by atoms with Crippen molar-refractivity contribution in [2.45, 2.75) is 400 Å². The Morgan fingerprint density at radius 1 is 0.320 bits per heavy atom. The van der Waals surface area contributed by atoms with Gasteiger partial charge in [0.15, 0.2) is 12.2 Å². The van der Waals surface area contributed by atoms with Crippen molar-refractivity contribution in [1.82, 2.24) is 0 Å². The first-order valence-electron chi connectivity index (χ1n) is 39.8. The fraction of sp³-hybridized carbons (Fsp3) is 0.897. The lowest BCUT2D eigenvalue weighted by Crippen LogP contribution is -2.30. The summed E-state index contributed by atoms with van der Waals surface area (Å²) >= 11 is 0. The van der Waals surface area contributed by atoms with Gasteiger partial charge in [-0.25, -0.2) is 9.13 Å². The Labute approximate surface area is 592 Å². The molecule has 5 atom stereocenters. The third-order valence-corrected chi connectivity index (χ3v) is 19.5. The van der Waals surface area contributed by atoms with E-state index in [1.54, 1.807) is 0 Å². The molecule has 2 unspecified atom stereocenters. The van der Waals surface area contributed by atoms with E-state index in [4.69, 9.17) is 37.0 Å². The summed E-state index contributed by atoms with van der Waals surface area (Å²) in [5, 5.41) is 10.6. The summed E-state index contributed by atoms with van der Waals surface area (Å²) in [5.74, 6) is -0.582. The largest absolute Gasteiger partial charge is 0.472 e. The topological polar surface area (TPSA) is 237 Å². The lowest BCUT2D eigenvalue weighted by atomic mass is 10.0. The highest BCUT2D eigenvalue weighted by Crippen LogP contribution is 2.45. The van der Waals surface area contributed by atoms with E-state index in [0.29, 0.717) is 25.7 Å². The van der Waals surface area contributed by atoms with E-state index >= 15 is 0 Å². The Balaban J connectivity index is 5.30. The zero-order chi connectivity index (χ0) is 71.4. The standard InChI is InChI=1S/C78H148O17P2/c1-7-9-11-13-15-17-19-20-21-24-31-37-43-49-55-61-76(81)89-67-74(94-77(82)62-56-50-44-38-32-25-22-23-29-34-40-46-52-58-70(3)4)69-93-97(86,87)91-65-72(79)64-90-96(84,85)92-68-73(66-88-75(80)60-54-48-42-36-28-18-16-14-12-10-8-2)95-78(83)63-57-51-45-39-33-27-26-30-35-41-47-53-59-71(5)6/h17,19-21,70-74,79H,7-16,18,22-69H2,1-6H3,(H,84,85)(H,86,87)/b19-17-,21-20-/t72-,73+,74+/m0/s1. The van der Waals surface area contributed by atoms with Gasteiger partial charge in [-0.15, -0.1) is 0 Å². The van der Waals surface area contributed by atoms with E-state index in [0.717, 1.165) is 121 Å². The Hall–Kier alpha value is -2.46. The number of phosphoric acid groups is 2. The molecule has 0 bridgehead atoms. The minimum absolute atomic E-state index is 0.100. The number of rotatable bonds is 75. The Bertz CT molecular complexity index is 1970. The van der Waals surface area contributed by atoms with Crippen LogP contribution >= 0.6 is 15.6 Å². The monoisotopic (exact) mass is 1420 g/mol. The first kappa shape index (κ1) is 94.5. The molecule has 0 amide bonds. The molecule has 0 heterocycles. The maximum absolute atomic E-state index is 13.1. The molecule has 0 aliphatic carbocycles. The average Bonchev–Trinajstić information content (AvgIpc) is 1.01. The summed E-state index contributed by atoms with van der Waals surface area (Å²) < 4.78 is 68.6. The molecule has 19 heteroatoms. The van der Waals surface area contributed by atoms with Crippen molar-refractivity contribution in [3.05, 3.63) is 24.3 Å². The van der Waals surface area contributed by atoms with Crippen LogP contribution in [0.3, 0.4) is 0 Å².